The van der Waals surface area contributed by atoms with Gasteiger partial charge in [0.25, 0.3) is 0 Å². The van der Waals surface area contributed by atoms with Crippen molar-refractivity contribution < 1.29 is 14.3 Å². The molecule has 1 aliphatic rings. The number of ether oxygens (including phenoxy) is 1. The van der Waals surface area contributed by atoms with Crippen LogP contribution in [0, 0.1) is 0 Å². The number of carbonyl (C=O) groups is 2. The average molecular weight is 275 g/mol. The Morgan fingerprint density at radius 2 is 1.75 bits per heavy atom. The quantitative estimate of drug-likeness (QED) is 0.773. The largest absolute Gasteiger partial charge is 0.378 e. The number of aryl methyl sites for hydroxylation is 1. The molecule has 2 rings (SSSR count). The zero-order chi connectivity index (χ0) is 14.4. The minimum absolute atomic E-state index is 0.0364. The number of benzene rings is 1. The minimum atomic E-state index is 0.0364. The number of nitrogens with zero attached hydrogens (tertiary/aromatic N) is 1. The Kier molecular flexibility index (Phi) is 5.30. The van der Waals surface area contributed by atoms with Crippen LogP contribution in [0.5, 0.6) is 0 Å². The molecular weight excluding hydrogens is 254 g/mol. The van der Waals surface area contributed by atoms with Crippen LogP contribution in [0.25, 0.3) is 0 Å². The first kappa shape index (κ1) is 14.7. The van der Waals surface area contributed by atoms with Gasteiger partial charge >= 0.3 is 0 Å². The lowest BCUT2D eigenvalue weighted by atomic mass is 10.0. The van der Waals surface area contributed by atoms with Crippen molar-refractivity contribution in [2.75, 3.05) is 26.3 Å². The number of ketones is 1. The SMILES string of the molecule is CCc1ccc(C(=O)CCC(=O)N2CCOCC2)cc1. The van der Waals surface area contributed by atoms with Gasteiger partial charge in [-0.2, -0.15) is 0 Å². The van der Waals surface area contributed by atoms with E-state index in [0.717, 1.165) is 6.42 Å². The van der Waals surface area contributed by atoms with Crippen molar-refractivity contribution in [3.8, 4) is 0 Å². The van der Waals surface area contributed by atoms with Gasteiger partial charge in [0, 0.05) is 31.5 Å². The second-order valence-corrected chi connectivity index (χ2v) is 4.97. The maximum atomic E-state index is 12.0. The Hall–Kier alpha value is -1.68. The van der Waals surface area contributed by atoms with Gasteiger partial charge in [0.2, 0.25) is 5.91 Å². The van der Waals surface area contributed by atoms with Crippen LogP contribution in [0.2, 0.25) is 0 Å². The molecule has 0 aliphatic carbocycles. The van der Waals surface area contributed by atoms with Gasteiger partial charge in [-0.1, -0.05) is 31.2 Å². The van der Waals surface area contributed by atoms with E-state index in [1.807, 2.05) is 24.3 Å². The average Bonchev–Trinajstić information content (AvgIpc) is 2.53. The van der Waals surface area contributed by atoms with Crippen LogP contribution in [0.4, 0.5) is 0 Å². The van der Waals surface area contributed by atoms with E-state index in [4.69, 9.17) is 4.74 Å². The van der Waals surface area contributed by atoms with Crippen molar-refractivity contribution in [3.05, 3.63) is 35.4 Å². The summed E-state index contributed by atoms with van der Waals surface area (Å²) < 4.78 is 5.21. The molecule has 4 heteroatoms. The van der Waals surface area contributed by atoms with Gasteiger partial charge in [-0.25, -0.2) is 0 Å². The van der Waals surface area contributed by atoms with E-state index in [1.54, 1.807) is 4.90 Å². The molecule has 0 aromatic heterocycles. The van der Waals surface area contributed by atoms with Gasteiger partial charge in [-0.15, -0.1) is 0 Å². The number of Topliss-reactive ketones (excluding diaryl/α,β-unsaturated/α-hetero) is 1. The zero-order valence-corrected chi connectivity index (χ0v) is 11.9. The van der Waals surface area contributed by atoms with Gasteiger partial charge in [-0.3, -0.25) is 9.59 Å². The number of amides is 1. The topological polar surface area (TPSA) is 46.6 Å². The number of morpholine rings is 1. The molecule has 1 aromatic carbocycles. The van der Waals surface area contributed by atoms with E-state index in [9.17, 15) is 9.59 Å². The molecule has 0 unspecified atom stereocenters. The summed E-state index contributed by atoms with van der Waals surface area (Å²) in [4.78, 5) is 25.8. The van der Waals surface area contributed by atoms with Gasteiger partial charge in [-0.05, 0) is 12.0 Å². The fourth-order valence-electron chi connectivity index (χ4n) is 2.26. The van der Waals surface area contributed by atoms with E-state index in [-0.39, 0.29) is 24.5 Å². The highest BCUT2D eigenvalue weighted by atomic mass is 16.5. The summed E-state index contributed by atoms with van der Waals surface area (Å²) >= 11 is 0. The predicted octanol–water partition coefficient (Wildman–Crippen LogP) is 2.07. The third-order valence-corrected chi connectivity index (χ3v) is 3.61. The summed E-state index contributed by atoms with van der Waals surface area (Å²) in [7, 11) is 0. The Morgan fingerprint density at radius 3 is 2.35 bits per heavy atom. The van der Waals surface area contributed by atoms with Crippen molar-refractivity contribution in [1.82, 2.24) is 4.90 Å². The highest BCUT2D eigenvalue weighted by Gasteiger charge is 2.17. The van der Waals surface area contributed by atoms with Crippen LogP contribution in [-0.2, 0) is 16.0 Å². The lowest BCUT2D eigenvalue weighted by Gasteiger charge is -2.26. The van der Waals surface area contributed by atoms with E-state index in [2.05, 4.69) is 6.92 Å². The van der Waals surface area contributed by atoms with E-state index in [1.165, 1.54) is 5.56 Å². The summed E-state index contributed by atoms with van der Waals surface area (Å²) in [5, 5.41) is 0. The van der Waals surface area contributed by atoms with Gasteiger partial charge in [0.05, 0.1) is 13.2 Å². The van der Waals surface area contributed by atoms with Crippen LogP contribution in [0.3, 0.4) is 0 Å². The second kappa shape index (κ2) is 7.20. The first-order valence-electron chi connectivity index (χ1n) is 7.18. The summed E-state index contributed by atoms with van der Waals surface area (Å²) in [6, 6.07) is 7.63. The normalized spacial score (nSPS) is 15.2. The maximum absolute atomic E-state index is 12.0. The summed E-state index contributed by atoms with van der Waals surface area (Å²) in [5.41, 5.74) is 1.91. The molecule has 20 heavy (non-hydrogen) atoms. The molecule has 1 amide bonds. The third-order valence-electron chi connectivity index (χ3n) is 3.61. The molecule has 0 radical (unpaired) electrons. The van der Waals surface area contributed by atoms with Gasteiger partial charge < -0.3 is 9.64 Å². The van der Waals surface area contributed by atoms with Crippen molar-refractivity contribution in [3.63, 3.8) is 0 Å². The van der Waals surface area contributed by atoms with Crippen LogP contribution in [-0.4, -0.2) is 42.9 Å². The van der Waals surface area contributed by atoms with Crippen molar-refractivity contribution in [2.24, 2.45) is 0 Å². The van der Waals surface area contributed by atoms with Crippen LogP contribution in [0.1, 0.15) is 35.7 Å². The minimum Gasteiger partial charge on any atom is -0.378 e. The third kappa shape index (κ3) is 3.90. The first-order valence-corrected chi connectivity index (χ1v) is 7.18. The molecule has 1 saturated heterocycles. The summed E-state index contributed by atoms with van der Waals surface area (Å²) in [6.45, 7) is 4.55. The van der Waals surface area contributed by atoms with Crippen LogP contribution < -0.4 is 0 Å². The molecule has 0 bridgehead atoms. The Bertz CT molecular complexity index is 461. The summed E-state index contributed by atoms with van der Waals surface area (Å²) in [5.74, 6) is 0.0843. The highest BCUT2D eigenvalue weighted by Crippen LogP contribution is 2.10. The number of hydrogen-bond acceptors (Lipinski definition) is 3. The van der Waals surface area contributed by atoms with Crippen molar-refractivity contribution in [1.29, 1.82) is 0 Å². The Morgan fingerprint density at radius 1 is 1.10 bits per heavy atom. The standard InChI is InChI=1S/C16H21NO3/c1-2-13-3-5-14(6-4-13)15(18)7-8-16(19)17-9-11-20-12-10-17/h3-6H,2,7-12H2,1H3. The zero-order valence-electron chi connectivity index (χ0n) is 11.9. The number of carbonyl (C=O) groups excluding carboxylic acids is 2. The van der Waals surface area contributed by atoms with Gasteiger partial charge in [0.1, 0.15) is 0 Å². The molecule has 108 valence electrons. The second-order valence-electron chi connectivity index (χ2n) is 4.97. The molecule has 0 spiro atoms. The smallest absolute Gasteiger partial charge is 0.223 e. The fraction of sp³-hybridized carbons (Fsp3) is 0.500. The number of hydrogen-bond donors (Lipinski definition) is 0. The fourth-order valence-corrected chi connectivity index (χ4v) is 2.26. The van der Waals surface area contributed by atoms with Gasteiger partial charge in [0.15, 0.2) is 5.78 Å². The van der Waals surface area contributed by atoms with Crippen molar-refractivity contribution in [2.45, 2.75) is 26.2 Å². The van der Waals surface area contributed by atoms with E-state index >= 15 is 0 Å². The molecule has 1 aromatic rings. The summed E-state index contributed by atoms with van der Waals surface area (Å²) in [6.07, 6.45) is 1.53. The molecule has 1 fully saturated rings. The maximum Gasteiger partial charge on any atom is 0.223 e. The molecular formula is C16H21NO3. The molecule has 0 atom stereocenters. The lowest BCUT2D eigenvalue weighted by molar-refractivity contribution is -0.135. The van der Waals surface area contributed by atoms with E-state index in [0.29, 0.717) is 31.9 Å². The Labute approximate surface area is 119 Å². The predicted molar refractivity (Wildman–Crippen MR) is 76.8 cm³/mol. The molecule has 1 heterocycles. The van der Waals surface area contributed by atoms with Crippen LogP contribution in [0.15, 0.2) is 24.3 Å². The number of rotatable bonds is 5. The molecule has 1 aliphatic heterocycles. The molecule has 4 nitrogen and oxygen atoms in total. The Balaban J connectivity index is 1.83. The highest BCUT2D eigenvalue weighted by molar-refractivity contribution is 5.97. The lowest BCUT2D eigenvalue weighted by Crippen LogP contribution is -2.40. The van der Waals surface area contributed by atoms with Crippen LogP contribution >= 0.6 is 0 Å². The monoisotopic (exact) mass is 275 g/mol. The first-order chi connectivity index (χ1) is 9.70. The van der Waals surface area contributed by atoms with E-state index < -0.39 is 0 Å². The molecule has 0 N–H and O–H groups in total. The molecule has 0 saturated carbocycles. The van der Waals surface area contributed by atoms with Crippen molar-refractivity contribution >= 4 is 11.7 Å².